The minimum Gasteiger partial charge on any atom is -0.508 e. The van der Waals surface area contributed by atoms with Gasteiger partial charge >= 0.3 is 5.97 Å². The highest BCUT2D eigenvalue weighted by atomic mass is 16.7. The molecule has 2 rings (SSSR count). The molecular formula is C15H18O7. The molecule has 1 aliphatic heterocycles. The van der Waals surface area contributed by atoms with E-state index in [-0.39, 0.29) is 29.6 Å². The van der Waals surface area contributed by atoms with E-state index in [9.17, 15) is 19.8 Å². The molecule has 1 heterocycles. The smallest absolute Gasteiger partial charge is 0.343 e. The van der Waals surface area contributed by atoms with Gasteiger partial charge in [-0.3, -0.25) is 4.79 Å². The zero-order valence-corrected chi connectivity index (χ0v) is 12.5. The van der Waals surface area contributed by atoms with Crippen LogP contribution in [0.25, 0.3) is 0 Å². The fourth-order valence-corrected chi connectivity index (χ4v) is 2.39. The molecule has 0 radical (unpaired) electrons. The Balaban J connectivity index is 2.23. The molecule has 0 saturated carbocycles. The summed E-state index contributed by atoms with van der Waals surface area (Å²) in [7, 11) is 1.35. The van der Waals surface area contributed by atoms with Crippen LogP contribution in [-0.4, -0.2) is 47.6 Å². The van der Waals surface area contributed by atoms with Crippen LogP contribution < -0.4 is 0 Å². The maximum absolute atomic E-state index is 12.2. The molecule has 0 spiro atoms. The lowest BCUT2D eigenvalue weighted by molar-refractivity contribution is -0.219. The van der Waals surface area contributed by atoms with Gasteiger partial charge in [0.2, 0.25) is 12.4 Å². The van der Waals surface area contributed by atoms with Crippen LogP contribution >= 0.6 is 0 Å². The maximum Gasteiger partial charge on any atom is 0.343 e. The van der Waals surface area contributed by atoms with E-state index >= 15 is 0 Å². The Bertz CT molecular complexity index is 573. The van der Waals surface area contributed by atoms with Crippen molar-refractivity contribution in [3.63, 3.8) is 0 Å². The minimum atomic E-state index is -1.19. The standard InChI is InChI=1S/C15H18O7/c1-7-4-9(16)6-10(17)12(7)14(19)22-13-11(18)5-8(2)21-15(13)20-3/h4,6,8,13,15-17H,5H2,1-3H3/t8-,13-,15+/m1/s1. The summed E-state index contributed by atoms with van der Waals surface area (Å²) in [4.78, 5) is 24.3. The Hall–Kier alpha value is -2.12. The van der Waals surface area contributed by atoms with E-state index in [1.807, 2.05) is 0 Å². The van der Waals surface area contributed by atoms with Crippen LogP contribution in [0.2, 0.25) is 0 Å². The number of Topliss-reactive ketones (excluding diaryl/α,β-unsaturated/α-hetero) is 1. The quantitative estimate of drug-likeness (QED) is 0.811. The van der Waals surface area contributed by atoms with Crippen LogP contribution in [-0.2, 0) is 19.0 Å². The molecule has 2 N–H and O–H groups in total. The van der Waals surface area contributed by atoms with Crippen LogP contribution in [0, 0.1) is 6.92 Å². The third kappa shape index (κ3) is 3.20. The number of aromatic hydroxyl groups is 2. The third-order valence-electron chi connectivity index (χ3n) is 3.39. The van der Waals surface area contributed by atoms with Crippen LogP contribution in [0.4, 0.5) is 0 Å². The topological polar surface area (TPSA) is 102 Å². The zero-order chi connectivity index (χ0) is 16.4. The monoisotopic (exact) mass is 310 g/mol. The van der Waals surface area contributed by atoms with E-state index in [1.54, 1.807) is 6.92 Å². The molecule has 7 nitrogen and oxygen atoms in total. The van der Waals surface area contributed by atoms with Gasteiger partial charge in [-0.1, -0.05) is 0 Å². The largest absolute Gasteiger partial charge is 0.508 e. The van der Waals surface area contributed by atoms with Gasteiger partial charge in [0.1, 0.15) is 17.1 Å². The van der Waals surface area contributed by atoms with Gasteiger partial charge in [-0.05, 0) is 25.5 Å². The van der Waals surface area contributed by atoms with Crippen molar-refractivity contribution in [2.75, 3.05) is 7.11 Å². The number of carbonyl (C=O) groups is 2. The molecule has 3 atom stereocenters. The lowest BCUT2D eigenvalue weighted by Gasteiger charge is -2.32. The summed E-state index contributed by atoms with van der Waals surface area (Å²) in [6.07, 6.45) is -2.39. The Labute approximate surface area is 127 Å². The van der Waals surface area contributed by atoms with E-state index in [1.165, 1.54) is 20.1 Å². The third-order valence-corrected chi connectivity index (χ3v) is 3.39. The molecule has 1 fully saturated rings. The van der Waals surface area contributed by atoms with Crippen molar-refractivity contribution in [2.24, 2.45) is 0 Å². The van der Waals surface area contributed by atoms with E-state index in [2.05, 4.69) is 0 Å². The normalized spacial score (nSPS) is 25.0. The fourth-order valence-electron chi connectivity index (χ4n) is 2.39. The molecular weight excluding hydrogens is 292 g/mol. The summed E-state index contributed by atoms with van der Waals surface area (Å²) >= 11 is 0. The second-order valence-corrected chi connectivity index (χ2v) is 5.20. The Morgan fingerprint density at radius 3 is 2.64 bits per heavy atom. The average Bonchev–Trinajstić information content (AvgIpc) is 2.40. The summed E-state index contributed by atoms with van der Waals surface area (Å²) in [5, 5.41) is 19.2. The van der Waals surface area contributed by atoms with Crippen molar-refractivity contribution in [1.82, 2.24) is 0 Å². The van der Waals surface area contributed by atoms with Gasteiger partial charge in [0.25, 0.3) is 0 Å². The Morgan fingerprint density at radius 2 is 2.05 bits per heavy atom. The molecule has 0 aliphatic carbocycles. The number of rotatable bonds is 3. The lowest BCUT2D eigenvalue weighted by atomic mass is 10.0. The van der Waals surface area contributed by atoms with Crippen molar-refractivity contribution in [3.05, 3.63) is 23.3 Å². The van der Waals surface area contributed by atoms with Gasteiger partial charge in [0, 0.05) is 19.6 Å². The molecule has 1 aliphatic rings. The molecule has 0 unspecified atom stereocenters. The first-order chi connectivity index (χ1) is 10.3. The van der Waals surface area contributed by atoms with Crippen LogP contribution in [0.1, 0.15) is 29.3 Å². The van der Waals surface area contributed by atoms with E-state index in [4.69, 9.17) is 14.2 Å². The number of ketones is 1. The number of carbonyl (C=O) groups excluding carboxylic acids is 2. The molecule has 22 heavy (non-hydrogen) atoms. The molecule has 0 aromatic heterocycles. The maximum atomic E-state index is 12.2. The van der Waals surface area contributed by atoms with Gasteiger partial charge in [-0.25, -0.2) is 4.79 Å². The summed E-state index contributed by atoms with van der Waals surface area (Å²) in [5.41, 5.74) is 0.216. The number of hydrogen-bond acceptors (Lipinski definition) is 7. The van der Waals surface area contributed by atoms with Crippen molar-refractivity contribution >= 4 is 11.8 Å². The minimum absolute atomic E-state index is 0.109. The lowest BCUT2D eigenvalue weighted by Crippen LogP contribution is -2.48. The highest BCUT2D eigenvalue weighted by Gasteiger charge is 2.39. The highest BCUT2D eigenvalue weighted by Crippen LogP contribution is 2.29. The van der Waals surface area contributed by atoms with Gasteiger partial charge in [0.05, 0.1) is 6.10 Å². The number of esters is 1. The summed E-state index contributed by atoms with van der Waals surface area (Å²) < 4.78 is 15.6. The van der Waals surface area contributed by atoms with Crippen molar-refractivity contribution in [3.8, 4) is 11.5 Å². The number of phenolic OH excluding ortho intramolecular Hbond substituents is 2. The number of phenols is 2. The zero-order valence-electron chi connectivity index (χ0n) is 12.5. The SMILES string of the molecule is CO[C@H]1O[C@H](C)CC(=O)[C@H]1OC(=O)c1c(C)cc(O)cc1O. The van der Waals surface area contributed by atoms with Gasteiger partial charge in [-0.2, -0.15) is 0 Å². The summed E-state index contributed by atoms with van der Waals surface area (Å²) in [5.74, 6) is -1.79. The number of aryl methyl sites for hydroxylation is 1. The molecule has 7 heteroatoms. The van der Waals surface area contributed by atoms with Crippen molar-refractivity contribution in [1.29, 1.82) is 0 Å². The van der Waals surface area contributed by atoms with E-state index in [0.717, 1.165) is 6.07 Å². The van der Waals surface area contributed by atoms with Crippen LogP contribution in [0.15, 0.2) is 12.1 Å². The van der Waals surface area contributed by atoms with Crippen LogP contribution in [0.3, 0.4) is 0 Å². The summed E-state index contributed by atoms with van der Waals surface area (Å²) in [6.45, 7) is 3.25. The van der Waals surface area contributed by atoms with Crippen molar-refractivity contribution < 1.29 is 34.0 Å². The van der Waals surface area contributed by atoms with Gasteiger partial charge in [0.15, 0.2) is 5.78 Å². The first-order valence-electron chi connectivity index (χ1n) is 6.78. The number of benzene rings is 1. The first kappa shape index (κ1) is 16.3. The average molecular weight is 310 g/mol. The van der Waals surface area contributed by atoms with Crippen molar-refractivity contribution in [2.45, 2.75) is 38.8 Å². The highest BCUT2D eigenvalue weighted by molar-refractivity contribution is 5.96. The number of hydrogen-bond donors (Lipinski definition) is 2. The predicted molar refractivity (Wildman–Crippen MR) is 74.7 cm³/mol. The van der Waals surface area contributed by atoms with Gasteiger partial charge in [-0.15, -0.1) is 0 Å². The van der Waals surface area contributed by atoms with Gasteiger partial charge < -0.3 is 24.4 Å². The Morgan fingerprint density at radius 1 is 1.36 bits per heavy atom. The first-order valence-corrected chi connectivity index (χ1v) is 6.78. The van der Waals surface area contributed by atoms with Crippen LogP contribution in [0.5, 0.6) is 11.5 Å². The predicted octanol–water partition coefficient (Wildman–Crippen LogP) is 1.28. The fraction of sp³-hybridized carbons (Fsp3) is 0.467. The summed E-state index contributed by atoms with van der Waals surface area (Å²) in [6, 6.07) is 2.34. The molecule has 0 amide bonds. The molecule has 1 saturated heterocycles. The molecule has 1 aromatic rings. The number of methoxy groups -OCH3 is 1. The number of ether oxygens (including phenoxy) is 3. The second kappa shape index (κ2) is 6.33. The molecule has 0 bridgehead atoms. The molecule has 120 valence electrons. The van der Waals surface area contributed by atoms with E-state index in [0.29, 0.717) is 5.56 Å². The Kier molecular flexibility index (Phi) is 4.68. The molecule has 1 aromatic carbocycles. The van der Waals surface area contributed by atoms with E-state index < -0.39 is 24.1 Å². The second-order valence-electron chi connectivity index (χ2n) is 5.20.